The van der Waals surface area contributed by atoms with E-state index in [1.807, 2.05) is 0 Å². The van der Waals surface area contributed by atoms with Crippen molar-refractivity contribution < 1.29 is 18.7 Å². The predicted molar refractivity (Wildman–Crippen MR) is 81.6 cm³/mol. The van der Waals surface area contributed by atoms with Gasteiger partial charge in [0.2, 0.25) is 0 Å². The zero-order valence-electron chi connectivity index (χ0n) is 11.4. The molecule has 0 aliphatic heterocycles. The maximum Gasteiger partial charge on any atom is 0.255 e. The number of halogens is 2. The number of benzene rings is 2. The van der Waals surface area contributed by atoms with Crippen molar-refractivity contribution in [1.29, 1.82) is 0 Å². The molecule has 0 heterocycles. The van der Waals surface area contributed by atoms with Gasteiger partial charge in [0.25, 0.3) is 5.91 Å². The summed E-state index contributed by atoms with van der Waals surface area (Å²) in [5.74, 6) is 0.343. The van der Waals surface area contributed by atoms with Gasteiger partial charge in [-0.05, 0) is 34.1 Å². The Hall–Kier alpha value is -2.08. The van der Waals surface area contributed by atoms with Gasteiger partial charge in [0.05, 0.1) is 18.7 Å². The first-order valence-corrected chi connectivity index (χ1v) is 6.82. The number of nitrogens with one attached hydrogen (secondary N) is 1. The lowest BCUT2D eigenvalue weighted by Gasteiger charge is -2.10. The van der Waals surface area contributed by atoms with E-state index in [0.29, 0.717) is 22.7 Å². The van der Waals surface area contributed by atoms with Crippen LogP contribution < -0.4 is 14.8 Å². The summed E-state index contributed by atoms with van der Waals surface area (Å²) < 4.78 is 23.7. The molecule has 0 bridgehead atoms. The van der Waals surface area contributed by atoms with E-state index in [2.05, 4.69) is 21.2 Å². The van der Waals surface area contributed by atoms with Gasteiger partial charge in [0.1, 0.15) is 17.3 Å². The largest absolute Gasteiger partial charge is 0.497 e. The molecule has 6 heteroatoms. The fraction of sp³-hybridized carbons (Fsp3) is 0.133. The highest BCUT2D eigenvalue weighted by Crippen LogP contribution is 2.26. The van der Waals surface area contributed by atoms with Gasteiger partial charge in [-0.15, -0.1) is 0 Å². The number of methoxy groups -OCH3 is 2. The van der Waals surface area contributed by atoms with Crippen molar-refractivity contribution in [2.75, 3.05) is 19.5 Å². The molecule has 2 aromatic carbocycles. The van der Waals surface area contributed by atoms with Crippen LogP contribution in [0, 0.1) is 5.82 Å². The molecule has 110 valence electrons. The van der Waals surface area contributed by atoms with Crippen molar-refractivity contribution in [3.8, 4) is 11.5 Å². The van der Waals surface area contributed by atoms with Crippen molar-refractivity contribution in [1.82, 2.24) is 0 Å². The maximum atomic E-state index is 13.2. The second-order valence-corrected chi connectivity index (χ2v) is 5.04. The first kappa shape index (κ1) is 15.3. The summed E-state index contributed by atoms with van der Waals surface area (Å²) in [6.45, 7) is 0. The number of amides is 1. The molecule has 0 fully saturated rings. The second-order valence-electron chi connectivity index (χ2n) is 4.18. The van der Waals surface area contributed by atoms with Crippen LogP contribution in [0.4, 0.5) is 10.1 Å². The molecule has 1 amide bonds. The van der Waals surface area contributed by atoms with Gasteiger partial charge in [0.15, 0.2) is 0 Å². The van der Waals surface area contributed by atoms with Gasteiger partial charge in [0, 0.05) is 29.4 Å². The minimum atomic E-state index is -0.422. The minimum absolute atomic E-state index is 0.235. The van der Waals surface area contributed by atoms with E-state index in [-0.39, 0.29) is 10.4 Å². The predicted octanol–water partition coefficient (Wildman–Crippen LogP) is 3.86. The highest BCUT2D eigenvalue weighted by Gasteiger charge is 2.10. The van der Waals surface area contributed by atoms with E-state index in [1.54, 1.807) is 18.2 Å². The Morgan fingerprint density at radius 2 is 1.71 bits per heavy atom. The summed E-state index contributed by atoms with van der Waals surface area (Å²) in [7, 11) is 3.05. The standard InChI is InChI=1S/C15H13BrFNO3/c1-20-11-6-10(7-12(8-11)21-2)18-15(19)9-3-4-14(17)13(16)5-9/h3-8H,1-2H3,(H,18,19). The smallest absolute Gasteiger partial charge is 0.255 e. The third-order valence-corrected chi connectivity index (χ3v) is 3.40. The maximum absolute atomic E-state index is 13.2. The Kier molecular flexibility index (Phi) is 4.80. The van der Waals surface area contributed by atoms with Crippen LogP contribution in [-0.2, 0) is 0 Å². The van der Waals surface area contributed by atoms with E-state index in [1.165, 1.54) is 32.4 Å². The van der Waals surface area contributed by atoms with Crippen molar-refractivity contribution in [3.05, 3.63) is 52.3 Å². The lowest BCUT2D eigenvalue weighted by molar-refractivity contribution is 0.102. The summed E-state index contributed by atoms with van der Waals surface area (Å²) in [6.07, 6.45) is 0. The summed E-state index contributed by atoms with van der Waals surface area (Å²) in [5.41, 5.74) is 0.863. The van der Waals surface area contributed by atoms with Crippen LogP contribution in [0.3, 0.4) is 0 Å². The normalized spacial score (nSPS) is 10.1. The van der Waals surface area contributed by atoms with Crippen LogP contribution in [0.15, 0.2) is 40.9 Å². The Morgan fingerprint density at radius 1 is 1.10 bits per heavy atom. The van der Waals surface area contributed by atoms with Crippen LogP contribution in [0.5, 0.6) is 11.5 Å². The number of carbonyl (C=O) groups excluding carboxylic acids is 1. The summed E-state index contributed by atoms with van der Waals surface area (Å²) in [4.78, 5) is 12.1. The van der Waals surface area contributed by atoms with Gasteiger partial charge in [-0.1, -0.05) is 0 Å². The first-order chi connectivity index (χ1) is 10.0. The Balaban J connectivity index is 2.24. The summed E-state index contributed by atoms with van der Waals surface area (Å²) >= 11 is 3.05. The monoisotopic (exact) mass is 353 g/mol. The van der Waals surface area contributed by atoms with Gasteiger partial charge < -0.3 is 14.8 Å². The molecule has 0 saturated heterocycles. The Labute approximate surface area is 130 Å². The van der Waals surface area contributed by atoms with Crippen LogP contribution in [0.2, 0.25) is 0 Å². The van der Waals surface area contributed by atoms with Gasteiger partial charge in [-0.25, -0.2) is 4.39 Å². The highest BCUT2D eigenvalue weighted by atomic mass is 79.9. The number of hydrogen-bond donors (Lipinski definition) is 1. The molecule has 1 N–H and O–H groups in total. The second kappa shape index (κ2) is 6.58. The average Bonchev–Trinajstić information content (AvgIpc) is 2.49. The fourth-order valence-corrected chi connectivity index (χ4v) is 2.10. The van der Waals surface area contributed by atoms with Crippen molar-refractivity contribution in [3.63, 3.8) is 0 Å². The SMILES string of the molecule is COc1cc(NC(=O)c2ccc(F)c(Br)c2)cc(OC)c1. The van der Waals surface area contributed by atoms with E-state index >= 15 is 0 Å². The number of rotatable bonds is 4. The van der Waals surface area contributed by atoms with Crippen molar-refractivity contribution in [2.24, 2.45) is 0 Å². The number of hydrogen-bond acceptors (Lipinski definition) is 3. The highest BCUT2D eigenvalue weighted by molar-refractivity contribution is 9.10. The Bertz CT molecular complexity index is 654. The van der Waals surface area contributed by atoms with Crippen molar-refractivity contribution in [2.45, 2.75) is 0 Å². The van der Waals surface area contributed by atoms with Gasteiger partial charge in [-0.3, -0.25) is 4.79 Å². The fourth-order valence-electron chi connectivity index (χ4n) is 1.72. The molecular weight excluding hydrogens is 341 g/mol. The third-order valence-electron chi connectivity index (χ3n) is 2.79. The molecule has 2 aromatic rings. The molecule has 0 atom stereocenters. The van der Waals surface area contributed by atoms with Crippen LogP contribution >= 0.6 is 15.9 Å². The van der Waals surface area contributed by atoms with Crippen molar-refractivity contribution >= 4 is 27.5 Å². The lowest BCUT2D eigenvalue weighted by atomic mass is 10.2. The quantitative estimate of drug-likeness (QED) is 0.907. The molecule has 4 nitrogen and oxygen atoms in total. The number of anilines is 1. The van der Waals surface area contributed by atoms with Crippen LogP contribution in [-0.4, -0.2) is 20.1 Å². The van der Waals surface area contributed by atoms with E-state index in [4.69, 9.17) is 9.47 Å². The number of ether oxygens (including phenoxy) is 2. The molecule has 0 aliphatic rings. The van der Waals surface area contributed by atoms with Crippen LogP contribution in [0.25, 0.3) is 0 Å². The lowest BCUT2D eigenvalue weighted by Crippen LogP contribution is -2.12. The average molecular weight is 354 g/mol. The number of carbonyl (C=O) groups is 1. The Morgan fingerprint density at radius 3 is 2.24 bits per heavy atom. The molecule has 0 aliphatic carbocycles. The topological polar surface area (TPSA) is 47.6 Å². The zero-order chi connectivity index (χ0) is 15.4. The van der Waals surface area contributed by atoms with E-state index in [0.717, 1.165) is 0 Å². The molecular formula is C15H13BrFNO3. The molecule has 0 unspecified atom stereocenters. The molecule has 0 saturated carbocycles. The molecule has 21 heavy (non-hydrogen) atoms. The summed E-state index contributed by atoms with van der Waals surface area (Å²) in [6, 6.07) is 9.09. The molecule has 0 spiro atoms. The molecule has 2 rings (SSSR count). The minimum Gasteiger partial charge on any atom is -0.497 e. The van der Waals surface area contributed by atoms with Gasteiger partial charge >= 0.3 is 0 Å². The zero-order valence-corrected chi connectivity index (χ0v) is 13.0. The molecule has 0 aromatic heterocycles. The van der Waals surface area contributed by atoms with Gasteiger partial charge in [-0.2, -0.15) is 0 Å². The first-order valence-electron chi connectivity index (χ1n) is 6.03. The third kappa shape index (κ3) is 3.72. The summed E-state index contributed by atoms with van der Waals surface area (Å²) in [5, 5.41) is 2.71. The van der Waals surface area contributed by atoms with E-state index < -0.39 is 5.82 Å². The van der Waals surface area contributed by atoms with Crippen LogP contribution in [0.1, 0.15) is 10.4 Å². The van der Waals surface area contributed by atoms with E-state index in [9.17, 15) is 9.18 Å². The molecule has 0 radical (unpaired) electrons.